The van der Waals surface area contributed by atoms with E-state index in [1.165, 1.54) is 11.1 Å². The fraction of sp³-hybridized carbons (Fsp3) is 0.611. The van der Waals surface area contributed by atoms with Gasteiger partial charge in [-0.1, -0.05) is 43.2 Å². The summed E-state index contributed by atoms with van der Waals surface area (Å²) >= 11 is 0. The Morgan fingerprint density at radius 2 is 2.22 bits per heavy atom. The van der Waals surface area contributed by atoms with Crippen LogP contribution < -0.4 is 10.6 Å². The molecule has 3 unspecified atom stereocenters. The summed E-state index contributed by atoms with van der Waals surface area (Å²) in [6.45, 7) is 4.88. The summed E-state index contributed by atoms with van der Waals surface area (Å²) in [4.78, 5) is 4.33. The first-order valence-corrected chi connectivity index (χ1v) is 9.90. The van der Waals surface area contributed by atoms with Gasteiger partial charge in [-0.3, -0.25) is 9.20 Å². The fourth-order valence-corrected chi connectivity index (χ4v) is 4.49. The van der Waals surface area contributed by atoms with Gasteiger partial charge in [-0.25, -0.2) is 0 Å². The van der Waals surface area contributed by atoms with Gasteiger partial charge in [-0.2, -0.15) is 0 Å². The number of guanidine groups is 1. The molecule has 0 aliphatic heterocycles. The Kier molecular flexibility index (Phi) is 7.09. The Morgan fingerprint density at radius 3 is 2.91 bits per heavy atom. The lowest BCUT2D eigenvalue weighted by atomic mass is 9.95. The van der Waals surface area contributed by atoms with E-state index in [-0.39, 0.29) is 0 Å². The molecule has 2 rings (SSSR count). The molecule has 0 heterocycles. The molecule has 23 heavy (non-hydrogen) atoms. The molecule has 0 spiro atoms. The number of hydrogen-bond acceptors (Lipinski definition) is 2. The Hall–Kier alpha value is -1.36. The zero-order valence-corrected chi connectivity index (χ0v) is 15.3. The number of rotatable bonds is 5. The number of benzene rings is 1. The summed E-state index contributed by atoms with van der Waals surface area (Å²) < 4.78 is 12.0. The fourth-order valence-electron chi connectivity index (χ4n) is 3.15. The van der Waals surface area contributed by atoms with Gasteiger partial charge in [-0.05, 0) is 31.7 Å². The quantitative estimate of drug-likeness (QED) is 0.643. The number of aliphatic imine (C=N–C) groups is 1. The van der Waals surface area contributed by atoms with Crippen molar-refractivity contribution in [2.24, 2.45) is 4.99 Å². The van der Waals surface area contributed by atoms with E-state index in [2.05, 4.69) is 46.8 Å². The van der Waals surface area contributed by atoms with Crippen LogP contribution >= 0.6 is 0 Å². The summed E-state index contributed by atoms with van der Waals surface area (Å²) in [5, 5.41) is 7.22. The highest BCUT2D eigenvalue weighted by atomic mass is 32.2. The van der Waals surface area contributed by atoms with Crippen molar-refractivity contribution in [2.75, 3.05) is 12.8 Å². The summed E-state index contributed by atoms with van der Waals surface area (Å²) in [5.74, 6) is 1.59. The molecule has 0 bridgehead atoms. The Morgan fingerprint density at radius 1 is 1.39 bits per heavy atom. The highest BCUT2D eigenvalue weighted by molar-refractivity contribution is 7.85. The first-order chi connectivity index (χ1) is 11.1. The summed E-state index contributed by atoms with van der Waals surface area (Å²) in [5.41, 5.74) is 2.52. The molecule has 0 radical (unpaired) electrons. The predicted molar refractivity (Wildman–Crippen MR) is 99.2 cm³/mol. The van der Waals surface area contributed by atoms with Crippen molar-refractivity contribution in [1.29, 1.82) is 0 Å². The van der Waals surface area contributed by atoms with Crippen LogP contribution in [0.2, 0.25) is 0 Å². The van der Waals surface area contributed by atoms with Crippen LogP contribution in [0.1, 0.15) is 43.7 Å². The van der Waals surface area contributed by atoms with Crippen molar-refractivity contribution in [1.82, 2.24) is 10.6 Å². The third kappa shape index (κ3) is 5.65. The van der Waals surface area contributed by atoms with Crippen LogP contribution in [0.4, 0.5) is 0 Å². The van der Waals surface area contributed by atoms with Crippen molar-refractivity contribution in [3.05, 3.63) is 35.4 Å². The molecule has 1 aliphatic carbocycles. The number of nitrogens with one attached hydrogen (secondary N) is 2. The van der Waals surface area contributed by atoms with E-state index in [9.17, 15) is 4.21 Å². The van der Waals surface area contributed by atoms with Crippen LogP contribution in [-0.2, 0) is 17.3 Å². The summed E-state index contributed by atoms with van der Waals surface area (Å²) in [7, 11) is 1.11. The number of hydrogen-bond donors (Lipinski definition) is 2. The lowest BCUT2D eigenvalue weighted by Crippen LogP contribution is -2.46. The van der Waals surface area contributed by atoms with Crippen LogP contribution in [0.3, 0.4) is 0 Å². The molecular formula is C18H29N3OS. The maximum Gasteiger partial charge on any atom is 0.191 e. The second-order valence-electron chi connectivity index (χ2n) is 6.21. The van der Waals surface area contributed by atoms with Crippen LogP contribution in [0.25, 0.3) is 0 Å². The standard InChI is InChI=1S/C18H29N3OS/c1-4-23(22)17-10-6-9-16(12-17)21-18(19-3)20-13-15-8-5-7-14(2)11-15/h5,7-8,11,16-17H,4,6,9-10,12-13H2,1-3H3,(H2,19,20,21). The zero-order chi connectivity index (χ0) is 16.7. The maximum atomic E-state index is 12.0. The van der Waals surface area contributed by atoms with Crippen LogP contribution in [0.5, 0.6) is 0 Å². The van der Waals surface area contributed by atoms with E-state index in [1.54, 1.807) is 7.05 Å². The smallest absolute Gasteiger partial charge is 0.191 e. The average Bonchev–Trinajstić information content (AvgIpc) is 2.58. The van der Waals surface area contributed by atoms with E-state index in [4.69, 9.17) is 0 Å². The minimum atomic E-state index is -0.687. The van der Waals surface area contributed by atoms with Gasteiger partial charge in [0.15, 0.2) is 5.96 Å². The van der Waals surface area contributed by atoms with Crippen molar-refractivity contribution in [3.63, 3.8) is 0 Å². The molecular weight excluding hydrogens is 306 g/mol. The van der Waals surface area contributed by atoms with Gasteiger partial charge >= 0.3 is 0 Å². The second-order valence-corrected chi connectivity index (χ2v) is 8.22. The van der Waals surface area contributed by atoms with E-state index in [1.807, 2.05) is 6.92 Å². The molecule has 128 valence electrons. The normalized spacial score (nSPS) is 23.3. The van der Waals surface area contributed by atoms with E-state index in [0.29, 0.717) is 11.3 Å². The van der Waals surface area contributed by atoms with Crippen molar-refractivity contribution in [2.45, 2.75) is 57.4 Å². The number of aryl methyl sites for hydroxylation is 1. The van der Waals surface area contributed by atoms with Crippen molar-refractivity contribution < 1.29 is 4.21 Å². The van der Waals surface area contributed by atoms with E-state index < -0.39 is 10.8 Å². The average molecular weight is 336 g/mol. The third-order valence-corrected chi connectivity index (χ3v) is 6.13. The molecule has 0 saturated heterocycles. The molecule has 1 aliphatic rings. The van der Waals surface area contributed by atoms with Gasteiger partial charge in [0.25, 0.3) is 0 Å². The molecule has 0 aromatic heterocycles. The third-order valence-electron chi connectivity index (χ3n) is 4.39. The van der Waals surface area contributed by atoms with Gasteiger partial charge < -0.3 is 10.6 Å². The first kappa shape index (κ1) is 18.0. The molecule has 2 N–H and O–H groups in total. The Balaban J connectivity index is 1.85. The lowest BCUT2D eigenvalue weighted by molar-refractivity contribution is 0.413. The molecule has 3 atom stereocenters. The molecule has 1 aromatic rings. The first-order valence-electron chi connectivity index (χ1n) is 8.52. The van der Waals surface area contributed by atoms with Gasteiger partial charge in [0.1, 0.15) is 0 Å². The highest BCUT2D eigenvalue weighted by Crippen LogP contribution is 2.22. The zero-order valence-electron chi connectivity index (χ0n) is 14.5. The Labute approximate surface area is 142 Å². The maximum absolute atomic E-state index is 12.0. The van der Waals surface area contributed by atoms with E-state index in [0.717, 1.165) is 43.9 Å². The lowest BCUT2D eigenvalue weighted by Gasteiger charge is -2.30. The highest BCUT2D eigenvalue weighted by Gasteiger charge is 2.25. The minimum Gasteiger partial charge on any atom is -0.354 e. The molecule has 1 fully saturated rings. The van der Waals surface area contributed by atoms with Crippen LogP contribution in [-0.4, -0.2) is 34.3 Å². The molecule has 0 amide bonds. The number of nitrogens with zero attached hydrogens (tertiary/aromatic N) is 1. The predicted octanol–water partition coefficient (Wildman–Crippen LogP) is 2.74. The van der Waals surface area contributed by atoms with Crippen molar-refractivity contribution >= 4 is 16.8 Å². The summed E-state index contributed by atoms with van der Waals surface area (Å²) in [6.07, 6.45) is 4.34. The molecule has 1 aromatic carbocycles. The van der Waals surface area contributed by atoms with Crippen LogP contribution in [0, 0.1) is 6.92 Å². The topological polar surface area (TPSA) is 53.5 Å². The molecule has 5 heteroatoms. The molecule has 1 saturated carbocycles. The monoisotopic (exact) mass is 335 g/mol. The Bertz CT molecular complexity index is 559. The van der Waals surface area contributed by atoms with Gasteiger partial charge in [0, 0.05) is 41.4 Å². The van der Waals surface area contributed by atoms with E-state index >= 15 is 0 Å². The van der Waals surface area contributed by atoms with Gasteiger partial charge in [-0.15, -0.1) is 0 Å². The van der Waals surface area contributed by atoms with Gasteiger partial charge in [0.2, 0.25) is 0 Å². The minimum absolute atomic E-state index is 0.334. The van der Waals surface area contributed by atoms with Crippen molar-refractivity contribution in [3.8, 4) is 0 Å². The molecule has 4 nitrogen and oxygen atoms in total. The second kappa shape index (κ2) is 9.06. The largest absolute Gasteiger partial charge is 0.354 e. The SMILES string of the molecule is CCS(=O)C1CCCC(NC(=NC)NCc2cccc(C)c2)C1. The van der Waals surface area contributed by atoms with Crippen LogP contribution in [0.15, 0.2) is 29.3 Å². The van der Waals surface area contributed by atoms with Gasteiger partial charge in [0.05, 0.1) is 0 Å². The summed E-state index contributed by atoms with van der Waals surface area (Å²) in [6, 6.07) is 8.85.